The number of fused-ring (bicyclic) bond motifs is 6. The van der Waals surface area contributed by atoms with Crippen molar-refractivity contribution in [2.45, 2.75) is 56.7 Å². The number of piperidine rings is 6. The first-order chi connectivity index (χ1) is 16.2. The topological polar surface area (TPSA) is 104 Å². The Hall–Kier alpha value is -0.710. The third-order valence-corrected chi connectivity index (χ3v) is 9.46. The molecule has 6 aliphatic rings. The van der Waals surface area contributed by atoms with Gasteiger partial charge in [0.05, 0.1) is 32.5 Å². The van der Waals surface area contributed by atoms with E-state index in [4.69, 9.17) is 23.0 Å². The van der Waals surface area contributed by atoms with Crippen molar-refractivity contribution in [3.05, 3.63) is 0 Å². The second kappa shape index (κ2) is 10.3. The van der Waals surface area contributed by atoms with Crippen LogP contribution >= 0.6 is 7.82 Å². The zero-order chi connectivity index (χ0) is 24.6. The lowest BCUT2D eigenvalue weighted by Gasteiger charge is -2.53. The first-order valence-electron chi connectivity index (χ1n) is 12.3. The van der Waals surface area contributed by atoms with E-state index in [9.17, 15) is 14.2 Å². The maximum Gasteiger partial charge on any atom is 0.475 e. The van der Waals surface area contributed by atoms with E-state index in [0.717, 1.165) is 51.9 Å². The summed E-state index contributed by atoms with van der Waals surface area (Å²) in [5.74, 6) is 0.0425. The molecule has 6 heterocycles. The van der Waals surface area contributed by atoms with Crippen molar-refractivity contribution in [3.8, 4) is 0 Å². The van der Waals surface area contributed by atoms with Gasteiger partial charge in [0, 0.05) is 26.1 Å². The summed E-state index contributed by atoms with van der Waals surface area (Å²) in [5, 5.41) is 0. The summed E-state index contributed by atoms with van der Waals surface area (Å²) in [4.78, 5) is 30.7. The molecule has 0 saturated carbocycles. The molecule has 194 valence electrons. The Morgan fingerprint density at radius 2 is 1.18 bits per heavy atom. The van der Waals surface area contributed by atoms with Gasteiger partial charge in [-0.1, -0.05) is 0 Å². The number of nitrogens with zero attached hydrogens (tertiary/aromatic N) is 2. The number of hydrogen-bond donors (Lipinski definition) is 0. The molecule has 0 aromatic heterocycles. The summed E-state index contributed by atoms with van der Waals surface area (Å²) < 4.78 is 42.1. The van der Waals surface area contributed by atoms with Crippen LogP contribution in [0.3, 0.4) is 0 Å². The smallest absolute Gasteiger partial charge is 0.382 e. The molecule has 6 aliphatic heterocycles. The second-order valence-corrected chi connectivity index (χ2v) is 12.0. The van der Waals surface area contributed by atoms with E-state index in [0.29, 0.717) is 0 Å². The van der Waals surface area contributed by atoms with Gasteiger partial charge in [0.2, 0.25) is 0 Å². The van der Waals surface area contributed by atoms with Crippen LogP contribution in [0.25, 0.3) is 0 Å². The Morgan fingerprint density at radius 3 is 1.47 bits per heavy atom. The zero-order valence-electron chi connectivity index (χ0n) is 20.8. The summed E-state index contributed by atoms with van der Waals surface area (Å²) in [6, 6.07) is 0. The van der Waals surface area contributed by atoms with Crippen molar-refractivity contribution in [3.63, 3.8) is 0 Å². The van der Waals surface area contributed by atoms with Gasteiger partial charge in [0.15, 0.2) is 11.6 Å². The number of ketones is 2. The average Bonchev–Trinajstić information content (AvgIpc) is 2.82. The maximum atomic E-state index is 13.8. The highest BCUT2D eigenvalue weighted by Gasteiger charge is 2.56. The SMILES string of the molecule is COC[C@@]1(COP(=O)(OC[C@]2(COC)C(=O)C3CCN2CC3)OC(C)C)C(=O)C2CCN1CC2. The van der Waals surface area contributed by atoms with Crippen molar-refractivity contribution in [2.75, 3.05) is 66.8 Å². The van der Waals surface area contributed by atoms with Crippen molar-refractivity contribution in [2.24, 2.45) is 11.8 Å². The highest BCUT2D eigenvalue weighted by molar-refractivity contribution is 7.48. The fourth-order valence-electron chi connectivity index (χ4n) is 6.15. The highest BCUT2D eigenvalue weighted by atomic mass is 31.2. The van der Waals surface area contributed by atoms with Gasteiger partial charge in [0.25, 0.3) is 0 Å². The van der Waals surface area contributed by atoms with Crippen molar-refractivity contribution in [1.29, 1.82) is 0 Å². The van der Waals surface area contributed by atoms with Gasteiger partial charge in [-0.3, -0.25) is 33.0 Å². The van der Waals surface area contributed by atoms with Gasteiger partial charge >= 0.3 is 7.82 Å². The number of hydrogen-bond acceptors (Lipinski definition) is 10. The largest absolute Gasteiger partial charge is 0.475 e. The van der Waals surface area contributed by atoms with E-state index in [1.165, 1.54) is 0 Å². The quantitative estimate of drug-likeness (QED) is 0.368. The maximum absolute atomic E-state index is 13.8. The van der Waals surface area contributed by atoms with E-state index < -0.39 is 25.0 Å². The van der Waals surface area contributed by atoms with E-state index in [1.807, 2.05) is 0 Å². The van der Waals surface area contributed by atoms with Gasteiger partial charge in [-0.15, -0.1) is 0 Å². The van der Waals surface area contributed by atoms with Crippen LogP contribution in [0.15, 0.2) is 0 Å². The van der Waals surface area contributed by atoms with Crippen LogP contribution in [0.2, 0.25) is 0 Å². The predicted octanol–water partition coefficient (Wildman–Crippen LogP) is 1.91. The van der Waals surface area contributed by atoms with E-state index >= 15 is 0 Å². The summed E-state index contributed by atoms with van der Waals surface area (Å²) >= 11 is 0. The lowest BCUT2D eigenvalue weighted by atomic mass is 9.74. The number of carbonyl (C=O) groups is 2. The normalized spacial score (nSPS) is 39.1. The molecule has 10 nitrogen and oxygen atoms in total. The molecule has 0 aromatic carbocycles. The summed E-state index contributed by atoms with van der Waals surface area (Å²) in [5.41, 5.74) is -2.02. The molecule has 2 atom stereocenters. The molecule has 6 rings (SSSR count). The Balaban J connectivity index is 1.53. The van der Waals surface area contributed by atoms with Crippen LogP contribution < -0.4 is 0 Å². The fourth-order valence-corrected chi connectivity index (χ4v) is 7.61. The zero-order valence-corrected chi connectivity index (χ0v) is 21.7. The van der Waals surface area contributed by atoms with E-state index in [1.54, 1.807) is 28.1 Å². The first kappa shape index (κ1) is 26.4. The van der Waals surface area contributed by atoms with Gasteiger partial charge in [0.1, 0.15) is 11.1 Å². The summed E-state index contributed by atoms with van der Waals surface area (Å²) in [6.07, 6.45) is 2.83. The third-order valence-electron chi connectivity index (χ3n) is 7.89. The number of carbonyl (C=O) groups excluding carboxylic acids is 2. The minimum absolute atomic E-state index is 0.0387. The van der Waals surface area contributed by atoms with E-state index in [2.05, 4.69) is 9.80 Å². The molecule has 0 amide bonds. The molecule has 0 aromatic rings. The van der Waals surface area contributed by atoms with Gasteiger partial charge in [-0.25, -0.2) is 4.57 Å². The standard InChI is InChI=1S/C23H39N2O8P/c1-17(2)33-34(28,31-15-22(13-29-3)20(26)18-5-9-24(22)10-6-18)32-16-23(14-30-4)21(27)19-7-11-25(23)12-8-19/h17-19H,5-16H2,1-4H3/t22-,23-/m1/s1. The Labute approximate surface area is 202 Å². The fraction of sp³-hybridized carbons (Fsp3) is 0.913. The molecule has 0 unspecified atom stereocenters. The van der Waals surface area contributed by atoms with Crippen molar-refractivity contribution >= 4 is 19.4 Å². The Morgan fingerprint density at radius 1 is 0.794 bits per heavy atom. The summed E-state index contributed by atoms with van der Waals surface area (Å²) in [7, 11) is -1.01. The lowest BCUT2D eigenvalue weighted by Crippen LogP contribution is -2.69. The average molecular weight is 503 g/mol. The van der Waals surface area contributed by atoms with E-state index in [-0.39, 0.29) is 49.8 Å². The number of rotatable bonds is 12. The number of phosphoric acid groups is 1. The molecule has 6 fully saturated rings. The molecule has 4 bridgehead atoms. The van der Waals surface area contributed by atoms with Crippen molar-refractivity contribution < 1.29 is 37.2 Å². The predicted molar refractivity (Wildman–Crippen MR) is 124 cm³/mol. The van der Waals surface area contributed by atoms with Gasteiger partial charge in [-0.05, 0) is 65.7 Å². The second-order valence-electron chi connectivity index (χ2n) is 10.3. The number of phosphoric ester groups is 1. The molecular weight excluding hydrogens is 463 g/mol. The molecule has 34 heavy (non-hydrogen) atoms. The van der Waals surface area contributed by atoms with Gasteiger partial charge in [-0.2, -0.15) is 0 Å². The van der Waals surface area contributed by atoms with Crippen LogP contribution in [0.1, 0.15) is 39.5 Å². The van der Waals surface area contributed by atoms with Crippen LogP contribution in [0.5, 0.6) is 0 Å². The molecular formula is C23H39N2O8P. The minimum atomic E-state index is -4.11. The Kier molecular flexibility index (Phi) is 8.02. The molecule has 0 aliphatic carbocycles. The monoisotopic (exact) mass is 502 g/mol. The number of ether oxygens (including phenoxy) is 2. The molecule has 0 spiro atoms. The molecule has 0 N–H and O–H groups in total. The Bertz CT molecular complexity index is 751. The first-order valence-corrected chi connectivity index (χ1v) is 13.8. The van der Waals surface area contributed by atoms with Crippen LogP contribution in [-0.2, 0) is 37.2 Å². The summed E-state index contributed by atoms with van der Waals surface area (Å²) in [6.45, 7) is 6.52. The minimum Gasteiger partial charge on any atom is -0.382 e. The van der Waals surface area contributed by atoms with Crippen LogP contribution in [0.4, 0.5) is 0 Å². The van der Waals surface area contributed by atoms with Crippen molar-refractivity contribution in [1.82, 2.24) is 9.80 Å². The van der Waals surface area contributed by atoms with Crippen LogP contribution in [-0.4, -0.2) is 105 Å². The molecule has 6 saturated heterocycles. The highest BCUT2D eigenvalue weighted by Crippen LogP contribution is 2.53. The van der Waals surface area contributed by atoms with Crippen LogP contribution in [0, 0.1) is 11.8 Å². The third kappa shape index (κ3) is 4.68. The number of methoxy groups -OCH3 is 2. The number of Topliss-reactive ketones (excluding diaryl/α,β-unsaturated/α-hetero) is 2. The molecule has 11 heteroatoms. The lowest BCUT2D eigenvalue weighted by molar-refractivity contribution is -0.159. The van der Waals surface area contributed by atoms with Gasteiger partial charge < -0.3 is 9.47 Å². The molecule has 0 radical (unpaired) electrons.